The molecule has 6 heteroatoms. The number of piperidine rings is 2. The number of carbonyl (C=O) groups is 1. The molecule has 4 aliphatic rings. The van der Waals surface area contributed by atoms with Gasteiger partial charge in [-0.2, -0.15) is 0 Å². The largest absolute Gasteiger partial charge is 0.497 e. The van der Waals surface area contributed by atoms with Crippen molar-refractivity contribution in [2.45, 2.75) is 51.2 Å². The van der Waals surface area contributed by atoms with Crippen molar-refractivity contribution in [1.29, 1.82) is 0 Å². The maximum absolute atomic E-state index is 13.1. The molecule has 5 heterocycles. The number of nitrogens with one attached hydrogen (secondary N) is 1. The molecule has 1 N–H and O–H groups in total. The molecule has 0 spiro atoms. The number of hydrogen-bond donors (Lipinski definition) is 1. The lowest BCUT2D eigenvalue weighted by Gasteiger charge is -2.49. The third kappa shape index (κ3) is 3.87. The van der Waals surface area contributed by atoms with Gasteiger partial charge in [-0.05, 0) is 57.3 Å². The molecule has 0 amide bonds. The summed E-state index contributed by atoms with van der Waals surface area (Å²) in [5.74, 6) is 0.312. The van der Waals surface area contributed by atoms with Gasteiger partial charge in [0.2, 0.25) is 0 Å². The number of hydrogen-bond acceptors (Lipinski definition) is 5. The first kappa shape index (κ1) is 21.2. The summed E-state index contributed by atoms with van der Waals surface area (Å²) in [6, 6.07) is 8.94. The molecule has 0 bridgehead atoms. The Morgan fingerprint density at radius 2 is 2.03 bits per heavy atom. The normalized spacial score (nSPS) is 30.0. The number of ether oxygens (including phenoxy) is 2. The highest BCUT2D eigenvalue weighted by molar-refractivity contribution is 5.89. The van der Waals surface area contributed by atoms with Crippen molar-refractivity contribution in [3.63, 3.8) is 0 Å². The summed E-state index contributed by atoms with van der Waals surface area (Å²) in [6.07, 6.45) is 7.65. The third-order valence-corrected chi connectivity index (χ3v) is 8.45. The van der Waals surface area contributed by atoms with Crippen molar-refractivity contribution >= 4 is 16.9 Å². The Balaban J connectivity index is 1.20. The smallest absolute Gasteiger partial charge is 0.337 e. The minimum absolute atomic E-state index is 0.116. The van der Waals surface area contributed by atoms with E-state index in [0.29, 0.717) is 18.6 Å². The van der Waals surface area contributed by atoms with E-state index in [1.807, 2.05) is 0 Å². The lowest BCUT2D eigenvalue weighted by atomic mass is 9.72. The van der Waals surface area contributed by atoms with E-state index >= 15 is 0 Å². The first-order valence-electron chi connectivity index (χ1n) is 12.8. The van der Waals surface area contributed by atoms with Gasteiger partial charge in [0, 0.05) is 48.1 Å². The molecule has 4 atom stereocenters. The molecule has 6 nitrogen and oxygen atoms in total. The Kier molecular flexibility index (Phi) is 5.67. The van der Waals surface area contributed by atoms with Crippen LogP contribution < -0.4 is 0 Å². The average Bonchev–Trinajstić information content (AvgIpc) is 3.23. The number of carbonyl (C=O) groups excluding carboxylic acids is 1. The molecular weight excluding hydrogens is 414 g/mol. The van der Waals surface area contributed by atoms with Crippen LogP contribution in [0.2, 0.25) is 0 Å². The van der Waals surface area contributed by atoms with Crippen LogP contribution >= 0.6 is 0 Å². The number of fused-ring (bicyclic) bond motifs is 6. The number of esters is 1. The first-order chi connectivity index (χ1) is 16.2. The SMILES string of the molecule is C[C@@H]1OC=C(C(=O)OCCN2CCCCC2)C2CC3c4[nH]c5ccccc5c4CCN3C[C@@H]21. The zero-order valence-electron chi connectivity index (χ0n) is 19.6. The molecule has 4 aliphatic heterocycles. The molecule has 33 heavy (non-hydrogen) atoms. The maximum Gasteiger partial charge on any atom is 0.337 e. The van der Waals surface area contributed by atoms with Crippen LogP contribution in [0.1, 0.15) is 49.9 Å². The van der Waals surface area contributed by atoms with E-state index in [1.165, 1.54) is 41.4 Å². The standard InChI is InChI=1S/C27H35N3O3/c1-18-22-16-30-12-9-20-19-7-3-4-8-24(19)28-26(20)25(30)15-21(22)23(17-33-18)27(31)32-14-13-29-10-5-2-6-11-29/h3-4,7-8,17-18,21-22,25,28H,2,5-6,9-16H2,1H3/t18-,21?,22+,25?/m0/s1. The molecule has 2 aromatic rings. The van der Waals surface area contributed by atoms with Crippen molar-refractivity contribution in [3.05, 3.63) is 47.4 Å². The zero-order valence-corrected chi connectivity index (χ0v) is 19.6. The van der Waals surface area contributed by atoms with Crippen LogP contribution in [0.25, 0.3) is 10.9 Å². The summed E-state index contributed by atoms with van der Waals surface area (Å²) in [4.78, 5) is 21.9. The molecule has 1 aromatic carbocycles. The number of benzene rings is 1. The molecular formula is C27H35N3O3. The summed E-state index contributed by atoms with van der Waals surface area (Å²) < 4.78 is 11.7. The Morgan fingerprint density at radius 3 is 2.91 bits per heavy atom. The summed E-state index contributed by atoms with van der Waals surface area (Å²) >= 11 is 0. The molecule has 0 aliphatic carbocycles. The predicted molar refractivity (Wildman–Crippen MR) is 128 cm³/mol. The van der Waals surface area contributed by atoms with E-state index in [2.05, 4.69) is 46.0 Å². The van der Waals surface area contributed by atoms with Crippen LogP contribution in [0, 0.1) is 11.8 Å². The van der Waals surface area contributed by atoms with Gasteiger partial charge in [-0.3, -0.25) is 9.80 Å². The lowest BCUT2D eigenvalue weighted by molar-refractivity contribution is -0.142. The molecule has 0 saturated carbocycles. The van der Waals surface area contributed by atoms with Crippen LogP contribution in [0.5, 0.6) is 0 Å². The fraction of sp³-hybridized carbons (Fsp3) is 0.593. The highest BCUT2D eigenvalue weighted by atomic mass is 16.5. The van der Waals surface area contributed by atoms with E-state index in [-0.39, 0.29) is 18.0 Å². The van der Waals surface area contributed by atoms with Crippen molar-refractivity contribution in [1.82, 2.24) is 14.8 Å². The molecule has 1 aromatic heterocycles. The quantitative estimate of drug-likeness (QED) is 0.714. The molecule has 2 saturated heterocycles. The number of nitrogens with zero attached hydrogens (tertiary/aromatic N) is 2. The summed E-state index contributed by atoms with van der Waals surface area (Å²) in [7, 11) is 0. The third-order valence-electron chi connectivity index (χ3n) is 8.45. The predicted octanol–water partition coefficient (Wildman–Crippen LogP) is 4.03. The van der Waals surface area contributed by atoms with E-state index in [1.54, 1.807) is 6.26 Å². The monoisotopic (exact) mass is 449 g/mol. The van der Waals surface area contributed by atoms with Gasteiger partial charge in [-0.15, -0.1) is 0 Å². The Labute approximate surface area is 195 Å². The fourth-order valence-corrected chi connectivity index (χ4v) is 6.60. The molecule has 0 radical (unpaired) electrons. The molecule has 176 valence electrons. The fourth-order valence-electron chi connectivity index (χ4n) is 6.60. The van der Waals surface area contributed by atoms with Gasteiger partial charge >= 0.3 is 5.97 Å². The maximum atomic E-state index is 13.1. The highest BCUT2D eigenvalue weighted by Crippen LogP contribution is 2.47. The zero-order chi connectivity index (χ0) is 22.4. The second-order valence-electron chi connectivity index (χ2n) is 10.3. The van der Waals surface area contributed by atoms with Crippen molar-refractivity contribution in [3.8, 4) is 0 Å². The number of likely N-dealkylation sites (tertiary alicyclic amines) is 1. The Morgan fingerprint density at radius 1 is 1.18 bits per heavy atom. The number of para-hydroxylation sites is 1. The Bertz CT molecular complexity index is 1050. The number of aromatic amines is 1. The average molecular weight is 450 g/mol. The van der Waals surface area contributed by atoms with E-state index < -0.39 is 0 Å². The van der Waals surface area contributed by atoms with Crippen LogP contribution in [-0.2, 0) is 20.7 Å². The van der Waals surface area contributed by atoms with E-state index in [9.17, 15) is 4.79 Å². The summed E-state index contributed by atoms with van der Waals surface area (Å²) in [5, 5.41) is 1.35. The van der Waals surface area contributed by atoms with Crippen molar-refractivity contribution < 1.29 is 14.3 Å². The first-order valence-corrected chi connectivity index (χ1v) is 12.8. The molecule has 6 rings (SSSR count). The van der Waals surface area contributed by atoms with Gasteiger partial charge in [-0.25, -0.2) is 4.79 Å². The van der Waals surface area contributed by atoms with Gasteiger partial charge in [0.15, 0.2) is 0 Å². The van der Waals surface area contributed by atoms with Crippen LogP contribution in [0.4, 0.5) is 0 Å². The minimum Gasteiger partial charge on any atom is -0.497 e. The van der Waals surface area contributed by atoms with E-state index in [4.69, 9.17) is 9.47 Å². The number of H-pyrrole nitrogens is 1. The van der Waals surface area contributed by atoms with Gasteiger partial charge in [-0.1, -0.05) is 24.6 Å². The van der Waals surface area contributed by atoms with Crippen molar-refractivity contribution in [2.75, 3.05) is 39.3 Å². The lowest BCUT2D eigenvalue weighted by Crippen LogP contribution is -2.51. The topological polar surface area (TPSA) is 57.8 Å². The van der Waals surface area contributed by atoms with Crippen molar-refractivity contribution in [2.24, 2.45) is 11.8 Å². The second kappa shape index (κ2) is 8.80. The summed E-state index contributed by atoms with van der Waals surface area (Å²) in [6.45, 7) is 7.71. The van der Waals surface area contributed by atoms with E-state index in [0.717, 1.165) is 51.1 Å². The van der Waals surface area contributed by atoms with Crippen LogP contribution in [-0.4, -0.2) is 66.2 Å². The van der Waals surface area contributed by atoms with Crippen LogP contribution in [0.15, 0.2) is 36.1 Å². The molecule has 2 unspecified atom stereocenters. The molecule has 2 fully saturated rings. The number of rotatable bonds is 4. The van der Waals surface area contributed by atoms with Gasteiger partial charge in [0.1, 0.15) is 6.61 Å². The minimum atomic E-state index is -0.185. The van der Waals surface area contributed by atoms with Gasteiger partial charge < -0.3 is 14.5 Å². The summed E-state index contributed by atoms with van der Waals surface area (Å²) in [5.41, 5.74) is 4.76. The number of aromatic nitrogens is 1. The van der Waals surface area contributed by atoms with Crippen LogP contribution in [0.3, 0.4) is 0 Å². The van der Waals surface area contributed by atoms with Gasteiger partial charge in [0.05, 0.1) is 24.0 Å². The highest BCUT2D eigenvalue weighted by Gasteiger charge is 2.47. The Hall–Kier alpha value is -2.31. The second-order valence-corrected chi connectivity index (χ2v) is 10.3. The van der Waals surface area contributed by atoms with Gasteiger partial charge in [0.25, 0.3) is 0 Å².